The Morgan fingerprint density at radius 1 is 1.10 bits per heavy atom. The van der Waals surface area contributed by atoms with Gasteiger partial charge in [0, 0.05) is 18.0 Å². The fourth-order valence-corrected chi connectivity index (χ4v) is 3.99. The van der Waals surface area contributed by atoms with Gasteiger partial charge in [0.15, 0.2) is 0 Å². The Hall–Kier alpha value is -3.54. The fraction of sp³-hybridized carbons (Fsp3) is 0.280. The first kappa shape index (κ1) is 20.7. The van der Waals surface area contributed by atoms with Gasteiger partial charge in [-0.25, -0.2) is 4.98 Å². The lowest BCUT2D eigenvalue weighted by atomic mass is 9.79. The number of benzene rings is 2. The topological polar surface area (TPSA) is 62.6 Å². The summed E-state index contributed by atoms with van der Waals surface area (Å²) in [6, 6.07) is 11.7. The van der Waals surface area contributed by atoms with Gasteiger partial charge in [0.2, 0.25) is 0 Å². The number of allylic oxidation sites excluding steroid dienone is 1. The number of aromatic nitrogens is 2. The van der Waals surface area contributed by atoms with Crippen LogP contribution >= 0.6 is 0 Å². The Kier molecular flexibility index (Phi) is 6.36. The molecule has 0 bridgehead atoms. The van der Waals surface area contributed by atoms with Gasteiger partial charge in [-0.15, -0.1) is 0 Å². The molecule has 1 heterocycles. The zero-order chi connectivity index (χ0) is 21.6. The van der Waals surface area contributed by atoms with Gasteiger partial charge in [-0.1, -0.05) is 17.7 Å². The summed E-state index contributed by atoms with van der Waals surface area (Å²) in [5.74, 6) is 2.06. The van der Waals surface area contributed by atoms with Crippen LogP contribution in [0.1, 0.15) is 29.0 Å². The smallest absolute Gasteiger partial charge is 0.131 e. The molecular formula is C25H26N2O4. The molecule has 31 heavy (non-hydrogen) atoms. The van der Waals surface area contributed by atoms with Crippen LogP contribution in [0, 0.1) is 0 Å². The van der Waals surface area contributed by atoms with E-state index in [9.17, 15) is 4.79 Å². The number of rotatable bonds is 8. The van der Waals surface area contributed by atoms with Crippen LogP contribution in [0.3, 0.4) is 0 Å². The molecule has 0 saturated carbocycles. The van der Waals surface area contributed by atoms with E-state index in [-0.39, 0.29) is 5.92 Å². The number of hydrogen-bond acceptors (Lipinski definition) is 5. The fourth-order valence-electron chi connectivity index (χ4n) is 3.99. The Bertz CT molecular complexity index is 1070. The van der Waals surface area contributed by atoms with Gasteiger partial charge in [-0.3, -0.25) is 0 Å². The summed E-state index contributed by atoms with van der Waals surface area (Å²) < 4.78 is 18.7. The van der Waals surface area contributed by atoms with Crippen LogP contribution < -0.4 is 14.2 Å². The van der Waals surface area contributed by atoms with Crippen molar-refractivity contribution in [2.45, 2.75) is 25.3 Å². The van der Waals surface area contributed by atoms with Gasteiger partial charge < -0.3 is 23.6 Å². The molecule has 0 N–H and O–H groups in total. The maximum absolute atomic E-state index is 12.1. The monoisotopic (exact) mass is 418 g/mol. The molecule has 2 aromatic carbocycles. The maximum atomic E-state index is 12.1. The molecule has 4 rings (SSSR count). The van der Waals surface area contributed by atoms with Crippen molar-refractivity contribution in [2.24, 2.45) is 0 Å². The second-order valence-corrected chi connectivity index (χ2v) is 7.45. The van der Waals surface area contributed by atoms with Gasteiger partial charge in [0.25, 0.3) is 0 Å². The van der Waals surface area contributed by atoms with Gasteiger partial charge in [-0.2, -0.15) is 0 Å². The van der Waals surface area contributed by atoms with Crippen molar-refractivity contribution in [1.29, 1.82) is 0 Å². The number of aldehydes is 1. The highest BCUT2D eigenvalue weighted by Gasteiger charge is 2.25. The van der Waals surface area contributed by atoms with E-state index in [1.54, 1.807) is 26.7 Å². The molecule has 0 saturated heterocycles. The minimum atomic E-state index is -0.278. The number of hydrogen-bond donors (Lipinski definition) is 0. The molecule has 0 aliphatic heterocycles. The van der Waals surface area contributed by atoms with Gasteiger partial charge in [0.05, 0.1) is 33.0 Å². The molecule has 0 spiro atoms. The Morgan fingerprint density at radius 2 is 1.97 bits per heavy atom. The lowest BCUT2D eigenvalue weighted by molar-refractivity contribution is -0.108. The zero-order valence-corrected chi connectivity index (χ0v) is 17.8. The van der Waals surface area contributed by atoms with Crippen LogP contribution in [0.15, 0.2) is 60.7 Å². The number of carbonyl (C=O) groups excluding carboxylic acids is 1. The third-order valence-electron chi connectivity index (χ3n) is 5.62. The molecule has 1 aliphatic carbocycles. The van der Waals surface area contributed by atoms with E-state index >= 15 is 0 Å². The van der Waals surface area contributed by atoms with Crippen LogP contribution in [-0.4, -0.2) is 36.7 Å². The largest absolute Gasteiger partial charge is 0.497 e. The first-order chi connectivity index (χ1) is 15.2. The van der Waals surface area contributed by atoms with Crippen molar-refractivity contribution < 1.29 is 19.0 Å². The molecule has 6 heteroatoms. The molecule has 1 aromatic heterocycles. The van der Waals surface area contributed by atoms with Crippen LogP contribution in [0.25, 0.3) is 6.08 Å². The van der Waals surface area contributed by atoms with Gasteiger partial charge in [-0.05, 0) is 54.3 Å². The van der Waals surface area contributed by atoms with E-state index in [0.717, 1.165) is 65.2 Å². The lowest BCUT2D eigenvalue weighted by Crippen LogP contribution is -2.14. The van der Waals surface area contributed by atoms with E-state index in [2.05, 4.69) is 17.1 Å². The summed E-state index contributed by atoms with van der Waals surface area (Å²) in [7, 11) is 3.28. The van der Waals surface area contributed by atoms with E-state index in [1.807, 2.05) is 41.1 Å². The first-order valence-electron chi connectivity index (χ1n) is 10.3. The summed E-state index contributed by atoms with van der Waals surface area (Å²) in [5, 5.41) is 0. The lowest BCUT2D eigenvalue weighted by Gasteiger charge is -2.25. The molecule has 0 fully saturated rings. The number of fused-ring (bicyclic) bond motifs is 1. The molecule has 0 radical (unpaired) electrons. The van der Waals surface area contributed by atoms with Crippen LogP contribution in [0.4, 0.5) is 0 Å². The number of methoxy groups -OCH3 is 2. The molecular weight excluding hydrogens is 392 g/mol. The predicted octanol–water partition coefficient (Wildman–Crippen LogP) is 4.29. The van der Waals surface area contributed by atoms with E-state index in [1.165, 1.54) is 0 Å². The SMILES string of the molecule is COc1ccc(OC)c(/C=C2\CCc3cc(OCCn4ccnc4)ccc3C2C=O)c1. The molecule has 1 aliphatic rings. The Labute approximate surface area is 182 Å². The maximum Gasteiger partial charge on any atom is 0.131 e. The quantitative estimate of drug-likeness (QED) is 0.511. The van der Waals surface area contributed by atoms with Crippen LogP contribution in [-0.2, 0) is 17.8 Å². The third-order valence-corrected chi connectivity index (χ3v) is 5.62. The van der Waals surface area contributed by atoms with Crippen molar-refractivity contribution >= 4 is 12.4 Å². The second kappa shape index (κ2) is 9.51. The molecule has 6 nitrogen and oxygen atoms in total. The zero-order valence-electron chi connectivity index (χ0n) is 17.8. The molecule has 160 valence electrons. The van der Waals surface area contributed by atoms with E-state index in [4.69, 9.17) is 14.2 Å². The van der Waals surface area contributed by atoms with Crippen molar-refractivity contribution in [3.63, 3.8) is 0 Å². The summed E-state index contributed by atoms with van der Waals surface area (Å²) in [4.78, 5) is 16.1. The highest BCUT2D eigenvalue weighted by molar-refractivity contribution is 5.75. The number of aryl methyl sites for hydroxylation is 1. The summed E-state index contributed by atoms with van der Waals surface area (Å²) in [5.41, 5.74) is 4.18. The second-order valence-electron chi connectivity index (χ2n) is 7.45. The van der Waals surface area contributed by atoms with Gasteiger partial charge >= 0.3 is 0 Å². The molecule has 1 atom stereocenters. The average molecular weight is 418 g/mol. The number of ether oxygens (including phenoxy) is 3. The number of imidazole rings is 1. The molecule has 3 aromatic rings. The highest BCUT2D eigenvalue weighted by atomic mass is 16.5. The van der Waals surface area contributed by atoms with Gasteiger partial charge in [0.1, 0.15) is 30.1 Å². The summed E-state index contributed by atoms with van der Waals surface area (Å²) in [6.07, 6.45) is 10.2. The van der Waals surface area contributed by atoms with Crippen LogP contribution in [0.2, 0.25) is 0 Å². The van der Waals surface area contributed by atoms with Crippen LogP contribution in [0.5, 0.6) is 17.2 Å². The van der Waals surface area contributed by atoms with Crippen molar-refractivity contribution in [3.05, 3.63) is 77.4 Å². The summed E-state index contributed by atoms with van der Waals surface area (Å²) in [6.45, 7) is 1.30. The minimum absolute atomic E-state index is 0.278. The minimum Gasteiger partial charge on any atom is -0.497 e. The van der Waals surface area contributed by atoms with Crippen molar-refractivity contribution in [3.8, 4) is 17.2 Å². The molecule has 0 amide bonds. The third kappa shape index (κ3) is 4.63. The predicted molar refractivity (Wildman–Crippen MR) is 119 cm³/mol. The standard InChI is InChI=1S/C25H26N2O4/c1-29-21-6-8-25(30-2)20(15-21)13-18-3-4-19-14-22(5-7-23(19)24(18)16-28)31-12-11-27-10-9-26-17-27/h5-10,13-17,24H,3-4,11-12H2,1-2H3/b18-13+. The average Bonchev–Trinajstić information content (AvgIpc) is 3.32. The first-order valence-corrected chi connectivity index (χ1v) is 10.3. The van der Waals surface area contributed by atoms with E-state index < -0.39 is 0 Å². The van der Waals surface area contributed by atoms with Crippen molar-refractivity contribution in [1.82, 2.24) is 9.55 Å². The highest BCUT2D eigenvalue weighted by Crippen LogP contribution is 2.38. The molecule has 1 unspecified atom stereocenters. The Balaban J connectivity index is 1.54. The normalized spacial score (nSPS) is 16.6. The Morgan fingerprint density at radius 3 is 2.71 bits per heavy atom. The summed E-state index contributed by atoms with van der Waals surface area (Å²) >= 11 is 0. The van der Waals surface area contributed by atoms with Crippen molar-refractivity contribution in [2.75, 3.05) is 20.8 Å². The number of nitrogens with zero attached hydrogens (tertiary/aromatic N) is 2. The number of carbonyl (C=O) groups is 1. The van der Waals surface area contributed by atoms with E-state index in [0.29, 0.717) is 6.61 Å².